The van der Waals surface area contributed by atoms with Gasteiger partial charge in [0.1, 0.15) is 0 Å². The van der Waals surface area contributed by atoms with Crippen LogP contribution in [0.25, 0.3) is 111 Å². The molecule has 4 aromatic heterocycles. The molecule has 0 spiro atoms. The Morgan fingerprint density at radius 2 is 0.890 bits per heavy atom. The minimum atomic E-state index is 0. The number of aromatic nitrogens is 4. The summed E-state index contributed by atoms with van der Waals surface area (Å²) in [5.41, 5.74) is 19.0. The van der Waals surface area contributed by atoms with Gasteiger partial charge in [0.2, 0.25) is 0 Å². The van der Waals surface area contributed by atoms with E-state index in [0.29, 0.717) is 0 Å². The zero-order valence-corrected chi connectivity index (χ0v) is 42.9. The molecular weight excluding hydrogens is 1060 g/mol. The summed E-state index contributed by atoms with van der Waals surface area (Å²) in [5.74, 6) is 0. The maximum atomic E-state index is 5.44. The van der Waals surface area contributed by atoms with Gasteiger partial charge in [0.05, 0.1) is 33.5 Å². The third-order valence-corrected chi connectivity index (χ3v) is 13.7. The maximum Gasteiger partial charge on any atom is 0.0716 e. The number of benzene rings is 9. The van der Waals surface area contributed by atoms with Crippen molar-refractivity contribution in [3.05, 3.63) is 267 Å². The van der Waals surface area contributed by atoms with Gasteiger partial charge >= 0.3 is 0 Å². The number of nitrogens with zero attached hydrogens (tertiary/aromatic N) is 4. The van der Waals surface area contributed by atoms with E-state index in [0.717, 1.165) is 62.7 Å². The van der Waals surface area contributed by atoms with Gasteiger partial charge in [0.25, 0.3) is 0 Å². The molecule has 0 saturated heterocycles. The van der Waals surface area contributed by atoms with Crippen molar-refractivity contribution in [2.75, 3.05) is 0 Å². The van der Waals surface area contributed by atoms with Gasteiger partial charge in [0.15, 0.2) is 0 Å². The normalized spacial score (nSPS) is 11.6. The number of aryl methyl sites for hydroxylation is 1. The van der Waals surface area contributed by atoms with Crippen LogP contribution in [0.2, 0.25) is 0 Å². The molecular formula is C68H61IrN4-. The molecule has 0 fully saturated rings. The van der Waals surface area contributed by atoms with E-state index >= 15 is 0 Å². The van der Waals surface area contributed by atoms with E-state index in [1.54, 1.807) is 0 Å². The summed E-state index contributed by atoms with van der Waals surface area (Å²) in [5, 5.41) is 4.99. The number of unbranched alkanes of at least 4 members (excludes halogenated alkanes) is 1. The van der Waals surface area contributed by atoms with Gasteiger partial charge in [-0.25, -0.2) is 4.98 Å². The molecule has 0 aliphatic heterocycles. The Kier molecular flexibility index (Phi) is 12.2. The summed E-state index contributed by atoms with van der Waals surface area (Å²) in [6.45, 7) is 2.21. The number of fused-ring (bicyclic) bond motifs is 6. The Balaban J connectivity index is 0.000000354. The SMILES string of the molecule is CCCCc1c[c-]c(-c2ccccn2)cc1.[2H][2H].[3HH].[3H][3H].[3H][3H].[3H][3H].[Ir].c1ccc(-c2ccc(-c3cc(-c4cccc(-n5c6ccccc6c6ccccc65)c4)nc(-c4cccc(-n5c6ccccc6c6ccccc65)c4)c3)cc2)cc1. The fraction of sp³-hybridized carbons (Fsp3) is 0.0588. The van der Waals surface area contributed by atoms with E-state index in [1.165, 1.54) is 73.1 Å². The first-order valence-corrected chi connectivity index (χ1v) is 24.9. The summed E-state index contributed by atoms with van der Waals surface area (Å²) < 4.78 is 44.7. The summed E-state index contributed by atoms with van der Waals surface area (Å²) in [7, 11) is 0. The first-order valence-electron chi connectivity index (χ1n) is 28.9. The van der Waals surface area contributed by atoms with Crippen molar-refractivity contribution in [2.45, 2.75) is 26.2 Å². The topological polar surface area (TPSA) is 35.6 Å². The molecule has 0 aliphatic rings. The van der Waals surface area contributed by atoms with Gasteiger partial charge in [-0.15, -0.1) is 35.4 Å². The quantitative estimate of drug-likeness (QED) is 0.128. The van der Waals surface area contributed by atoms with E-state index in [-0.39, 0.29) is 21.5 Å². The molecule has 4 nitrogen and oxygen atoms in total. The molecule has 0 N–H and O–H groups in total. The number of hydrogen-bond donors (Lipinski definition) is 0. The second kappa shape index (κ2) is 21.1. The molecule has 363 valence electrons. The fourth-order valence-corrected chi connectivity index (χ4v) is 10.2. The average molecular weight is 1140 g/mol. The van der Waals surface area contributed by atoms with Crippen LogP contribution in [0, 0.1) is 6.07 Å². The van der Waals surface area contributed by atoms with Crippen LogP contribution in [-0.2, 0) is 26.5 Å². The van der Waals surface area contributed by atoms with E-state index in [9.17, 15) is 0 Å². The Hall–Kier alpha value is -8.47. The van der Waals surface area contributed by atoms with Crippen LogP contribution >= 0.6 is 0 Å². The van der Waals surface area contributed by atoms with Crippen LogP contribution in [0.4, 0.5) is 0 Å². The molecule has 73 heavy (non-hydrogen) atoms. The maximum absolute atomic E-state index is 5.44. The second-order valence-electron chi connectivity index (χ2n) is 18.3. The standard InChI is InChI=1S/C53H35N3.C15H16N.Ir.5H2/c1-2-14-36(15-3-1)37-28-30-38(31-29-37)41-34-48(39-16-12-18-42(32-39)55-50-24-8-4-20-44(50)45-21-5-9-25-51(45)55)54-49(35-41)40-17-13-19-43(33-40)56-52-26-10-6-22-46(52)47-23-7-11-27-53(47)56;1-2-3-6-13-8-10-14(11-9-13)15-7-4-5-12-16-15;;;;;;/h1-35H;4-5,7-10,12H,2-3,6H2,1H3;;5*1H/q;-1;;;;;;/i;;;3*1+2T;1+2;1+1D. The number of pyridine rings is 2. The van der Waals surface area contributed by atoms with Gasteiger partial charge in [-0.05, 0) is 94.7 Å². The predicted molar refractivity (Wildman–Crippen MR) is 312 cm³/mol. The first kappa shape index (κ1) is 42.2. The zero-order chi connectivity index (χ0) is 56.2. The van der Waals surface area contributed by atoms with Crippen molar-refractivity contribution in [1.82, 2.24) is 19.1 Å². The summed E-state index contributed by atoms with van der Waals surface area (Å²) in [6.07, 6.45) is 5.45. The van der Waals surface area contributed by atoms with Crippen LogP contribution in [0.5, 0.6) is 0 Å². The first-order chi connectivity index (χ1) is 39.7. The molecule has 0 amide bonds. The van der Waals surface area contributed by atoms with Crippen molar-refractivity contribution >= 4 is 43.6 Å². The van der Waals surface area contributed by atoms with E-state index in [1.807, 2.05) is 24.4 Å². The molecule has 0 aliphatic carbocycles. The van der Waals surface area contributed by atoms with Crippen LogP contribution in [0.15, 0.2) is 255 Å². The molecule has 5 heteroatoms. The van der Waals surface area contributed by atoms with Crippen LogP contribution in [-0.4, -0.2) is 19.1 Å². The Labute approximate surface area is 454 Å². The third kappa shape index (κ3) is 9.45. The zero-order valence-electron chi connectivity index (χ0n) is 48.5. The number of rotatable bonds is 10. The minimum Gasteiger partial charge on any atom is -0.309 e. The molecule has 0 unspecified atom stereocenters. The smallest absolute Gasteiger partial charge is 0.0716 e. The van der Waals surface area contributed by atoms with Crippen molar-refractivity contribution < 1.29 is 33.4 Å². The van der Waals surface area contributed by atoms with Gasteiger partial charge in [-0.2, -0.15) is 0 Å². The molecule has 4 heterocycles. The van der Waals surface area contributed by atoms with Crippen molar-refractivity contribution in [3.63, 3.8) is 0 Å². The fourth-order valence-electron chi connectivity index (χ4n) is 10.2. The van der Waals surface area contributed by atoms with Gasteiger partial charge < -0.3 is 14.1 Å². The molecule has 13 aromatic rings. The molecule has 13 rings (SSSR count). The molecule has 9 aromatic carbocycles. The molecule has 0 saturated carbocycles. The van der Waals surface area contributed by atoms with E-state index in [4.69, 9.17) is 16.9 Å². The van der Waals surface area contributed by atoms with Crippen molar-refractivity contribution in [3.8, 4) is 67.4 Å². The van der Waals surface area contributed by atoms with Crippen molar-refractivity contribution in [1.29, 1.82) is 0 Å². The van der Waals surface area contributed by atoms with Crippen LogP contribution in [0.1, 0.15) is 38.6 Å². The molecule has 1 radical (unpaired) electrons. The van der Waals surface area contributed by atoms with Crippen molar-refractivity contribution in [2.24, 2.45) is 0 Å². The summed E-state index contributed by atoms with van der Waals surface area (Å²) >= 11 is 0. The second-order valence-corrected chi connectivity index (χ2v) is 18.3. The monoisotopic (exact) mass is 1140 g/mol. The Morgan fingerprint density at radius 3 is 1.36 bits per heavy atom. The predicted octanol–water partition coefficient (Wildman–Crippen LogP) is 19.1. The third-order valence-electron chi connectivity index (χ3n) is 13.7. The van der Waals surface area contributed by atoms with Gasteiger partial charge in [-0.3, -0.25) is 0 Å². The van der Waals surface area contributed by atoms with Crippen LogP contribution < -0.4 is 0 Å². The van der Waals surface area contributed by atoms with Crippen LogP contribution in [0.3, 0.4) is 0 Å². The summed E-state index contributed by atoms with van der Waals surface area (Å²) in [6, 6.07) is 91.8. The van der Waals surface area contributed by atoms with E-state index in [2.05, 4.69) is 258 Å². The Morgan fingerprint density at radius 1 is 0.438 bits per heavy atom. The minimum absolute atomic E-state index is 0. The average Bonchev–Trinajstić information content (AvgIpc) is 4.09. The largest absolute Gasteiger partial charge is 0.309 e. The molecule has 0 bridgehead atoms. The van der Waals surface area contributed by atoms with Gasteiger partial charge in [0, 0.05) is 83.7 Å². The number of hydrogen-bond acceptors (Lipinski definition) is 2. The number of para-hydroxylation sites is 4. The van der Waals surface area contributed by atoms with E-state index < -0.39 is 0 Å². The summed E-state index contributed by atoms with van der Waals surface area (Å²) in [4.78, 5) is 9.75. The molecule has 0 atom stereocenters. The van der Waals surface area contributed by atoms with Gasteiger partial charge in [-0.1, -0.05) is 190 Å². The Bertz CT molecular complexity index is 3760.